The number of benzene rings is 1. The highest BCUT2D eigenvalue weighted by Gasteiger charge is 2.13. The molecule has 1 unspecified atom stereocenters. The van der Waals surface area contributed by atoms with Crippen LogP contribution in [0.25, 0.3) is 0 Å². The number of para-hydroxylation sites is 1. The Kier molecular flexibility index (Phi) is 4.31. The van der Waals surface area contributed by atoms with E-state index in [9.17, 15) is 9.90 Å². The van der Waals surface area contributed by atoms with Crippen molar-refractivity contribution >= 4 is 5.97 Å². The fourth-order valence-electron chi connectivity index (χ4n) is 1.07. The van der Waals surface area contributed by atoms with E-state index in [1.54, 1.807) is 12.1 Å². The van der Waals surface area contributed by atoms with Gasteiger partial charge in [-0.3, -0.25) is 0 Å². The van der Waals surface area contributed by atoms with Gasteiger partial charge in [0.1, 0.15) is 17.9 Å². The number of nitrogens with zero attached hydrogens (tertiary/aromatic N) is 1. The Balaban J connectivity index is 2.57. The predicted molar refractivity (Wildman–Crippen MR) is 61.5 cm³/mol. The Morgan fingerprint density at radius 2 is 2.06 bits per heavy atom. The Bertz CT molecular complexity index is 363. The topological polar surface area (TPSA) is 49.8 Å². The van der Waals surface area contributed by atoms with Crippen molar-refractivity contribution in [3.8, 4) is 5.75 Å². The molecule has 0 aliphatic carbocycles. The molecule has 1 atom stereocenters. The molecule has 0 bridgehead atoms. The first-order chi connectivity index (χ1) is 7.52. The molecule has 4 heteroatoms. The quantitative estimate of drug-likeness (QED) is 0.786. The van der Waals surface area contributed by atoms with E-state index >= 15 is 0 Å². The summed E-state index contributed by atoms with van der Waals surface area (Å²) in [6, 6.07) is 6.50. The lowest BCUT2D eigenvalue weighted by Crippen LogP contribution is -2.30. The van der Waals surface area contributed by atoms with Crippen LogP contribution in [0.15, 0.2) is 24.3 Å². The summed E-state index contributed by atoms with van der Waals surface area (Å²) in [6.07, 6.45) is 0. The van der Waals surface area contributed by atoms with Gasteiger partial charge in [-0.15, -0.1) is 0 Å². The fourth-order valence-corrected chi connectivity index (χ4v) is 1.07. The SMILES string of the molecule is CC(COC(=O)c1ccccc1O)N(C)C. The summed E-state index contributed by atoms with van der Waals surface area (Å²) in [4.78, 5) is 13.5. The highest BCUT2D eigenvalue weighted by atomic mass is 16.5. The van der Waals surface area contributed by atoms with Gasteiger partial charge in [0.05, 0.1) is 0 Å². The number of ether oxygens (including phenoxy) is 1. The molecule has 1 aromatic carbocycles. The second kappa shape index (κ2) is 5.51. The molecule has 4 nitrogen and oxygen atoms in total. The summed E-state index contributed by atoms with van der Waals surface area (Å²) in [6.45, 7) is 2.26. The lowest BCUT2D eigenvalue weighted by Gasteiger charge is -2.19. The van der Waals surface area contributed by atoms with E-state index in [2.05, 4.69) is 0 Å². The normalized spacial score (nSPS) is 12.5. The molecule has 88 valence electrons. The number of hydrogen-bond donors (Lipinski definition) is 1. The molecule has 0 heterocycles. The van der Waals surface area contributed by atoms with Crippen molar-refractivity contribution in [1.29, 1.82) is 0 Å². The highest BCUT2D eigenvalue weighted by molar-refractivity contribution is 5.92. The molecule has 16 heavy (non-hydrogen) atoms. The highest BCUT2D eigenvalue weighted by Crippen LogP contribution is 2.16. The number of phenols is 1. The van der Waals surface area contributed by atoms with E-state index in [0.29, 0.717) is 6.61 Å². The number of esters is 1. The molecule has 0 saturated heterocycles. The van der Waals surface area contributed by atoms with Crippen molar-refractivity contribution in [1.82, 2.24) is 4.90 Å². The summed E-state index contributed by atoms with van der Waals surface area (Å²) in [5.41, 5.74) is 0.202. The van der Waals surface area contributed by atoms with Crippen LogP contribution in [0.2, 0.25) is 0 Å². The van der Waals surface area contributed by atoms with Crippen molar-refractivity contribution in [3.63, 3.8) is 0 Å². The number of likely N-dealkylation sites (N-methyl/N-ethyl adjacent to an activating group) is 1. The van der Waals surface area contributed by atoms with E-state index in [1.165, 1.54) is 12.1 Å². The van der Waals surface area contributed by atoms with Crippen LogP contribution in [0.3, 0.4) is 0 Å². The molecule has 1 rings (SSSR count). The third kappa shape index (κ3) is 3.24. The maximum absolute atomic E-state index is 11.6. The summed E-state index contributed by atoms with van der Waals surface area (Å²) in [5.74, 6) is -0.545. The minimum Gasteiger partial charge on any atom is -0.507 e. The van der Waals surface area contributed by atoms with Gasteiger partial charge in [0.15, 0.2) is 0 Å². The molecular weight excluding hydrogens is 206 g/mol. The van der Waals surface area contributed by atoms with Gasteiger partial charge in [-0.05, 0) is 33.2 Å². The first-order valence-corrected chi connectivity index (χ1v) is 5.14. The van der Waals surface area contributed by atoms with Crippen molar-refractivity contribution in [2.24, 2.45) is 0 Å². The standard InChI is InChI=1S/C12H17NO3/c1-9(13(2)3)8-16-12(15)10-6-4-5-7-11(10)14/h4-7,9,14H,8H2,1-3H3. The van der Waals surface area contributed by atoms with Crippen LogP contribution in [0.4, 0.5) is 0 Å². The Morgan fingerprint density at radius 3 is 2.62 bits per heavy atom. The number of aromatic hydroxyl groups is 1. The van der Waals surface area contributed by atoms with Gasteiger partial charge in [-0.25, -0.2) is 4.79 Å². The van der Waals surface area contributed by atoms with Gasteiger partial charge in [0.2, 0.25) is 0 Å². The molecule has 0 radical (unpaired) electrons. The number of phenolic OH excluding ortho intramolecular Hbond substituents is 1. The zero-order valence-corrected chi connectivity index (χ0v) is 9.80. The molecule has 0 saturated carbocycles. The Hall–Kier alpha value is -1.55. The van der Waals surface area contributed by atoms with Crippen LogP contribution < -0.4 is 0 Å². The van der Waals surface area contributed by atoms with Gasteiger partial charge in [0, 0.05) is 6.04 Å². The number of hydrogen-bond acceptors (Lipinski definition) is 4. The smallest absolute Gasteiger partial charge is 0.341 e. The van der Waals surface area contributed by atoms with Crippen LogP contribution in [0, 0.1) is 0 Å². The molecule has 0 aromatic heterocycles. The fraction of sp³-hybridized carbons (Fsp3) is 0.417. The van der Waals surface area contributed by atoms with Crippen LogP contribution >= 0.6 is 0 Å². The second-order valence-electron chi connectivity index (χ2n) is 3.93. The zero-order valence-electron chi connectivity index (χ0n) is 9.80. The Morgan fingerprint density at radius 1 is 1.44 bits per heavy atom. The van der Waals surface area contributed by atoms with Gasteiger partial charge < -0.3 is 14.7 Å². The molecule has 0 fully saturated rings. The van der Waals surface area contributed by atoms with Gasteiger partial charge in [-0.2, -0.15) is 0 Å². The maximum atomic E-state index is 11.6. The largest absolute Gasteiger partial charge is 0.507 e. The zero-order chi connectivity index (χ0) is 12.1. The first kappa shape index (κ1) is 12.5. The van der Waals surface area contributed by atoms with Crippen molar-refractivity contribution < 1.29 is 14.6 Å². The number of rotatable bonds is 4. The minimum atomic E-state index is -0.494. The predicted octanol–water partition coefficient (Wildman–Crippen LogP) is 1.50. The maximum Gasteiger partial charge on any atom is 0.341 e. The number of carbonyl (C=O) groups is 1. The van der Waals surface area contributed by atoms with E-state index in [1.807, 2.05) is 25.9 Å². The summed E-state index contributed by atoms with van der Waals surface area (Å²) in [7, 11) is 3.83. The third-order valence-electron chi connectivity index (χ3n) is 2.46. The molecular formula is C12H17NO3. The summed E-state index contributed by atoms with van der Waals surface area (Å²) < 4.78 is 5.09. The monoisotopic (exact) mass is 223 g/mol. The molecule has 0 aliphatic heterocycles. The molecule has 0 aliphatic rings. The van der Waals surface area contributed by atoms with Crippen LogP contribution in [-0.4, -0.2) is 42.7 Å². The first-order valence-electron chi connectivity index (χ1n) is 5.14. The van der Waals surface area contributed by atoms with Gasteiger partial charge in [0.25, 0.3) is 0 Å². The summed E-state index contributed by atoms with van der Waals surface area (Å²) in [5, 5.41) is 9.44. The van der Waals surface area contributed by atoms with E-state index in [4.69, 9.17) is 4.74 Å². The van der Waals surface area contributed by atoms with E-state index in [-0.39, 0.29) is 17.4 Å². The van der Waals surface area contributed by atoms with Gasteiger partial charge in [-0.1, -0.05) is 12.1 Å². The second-order valence-corrected chi connectivity index (χ2v) is 3.93. The number of carbonyl (C=O) groups excluding carboxylic acids is 1. The van der Waals surface area contributed by atoms with Crippen LogP contribution in [0.1, 0.15) is 17.3 Å². The Labute approximate surface area is 95.5 Å². The van der Waals surface area contributed by atoms with Crippen molar-refractivity contribution in [3.05, 3.63) is 29.8 Å². The average molecular weight is 223 g/mol. The lowest BCUT2D eigenvalue weighted by atomic mass is 10.2. The van der Waals surface area contributed by atoms with Crippen LogP contribution in [-0.2, 0) is 4.74 Å². The third-order valence-corrected chi connectivity index (χ3v) is 2.46. The van der Waals surface area contributed by atoms with Gasteiger partial charge >= 0.3 is 5.97 Å². The molecule has 0 spiro atoms. The van der Waals surface area contributed by atoms with E-state index in [0.717, 1.165) is 0 Å². The van der Waals surface area contributed by atoms with E-state index < -0.39 is 5.97 Å². The minimum absolute atomic E-state index is 0.0509. The summed E-state index contributed by atoms with van der Waals surface area (Å²) >= 11 is 0. The molecule has 1 N–H and O–H groups in total. The van der Waals surface area contributed by atoms with Crippen molar-refractivity contribution in [2.75, 3.05) is 20.7 Å². The lowest BCUT2D eigenvalue weighted by molar-refractivity contribution is 0.0413. The molecule has 1 aromatic rings. The molecule has 0 amide bonds. The van der Waals surface area contributed by atoms with Crippen LogP contribution in [0.5, 0.6) is 5.75 Å². The van der Waals surface area contributed by atoms with Crippen molar-refractivity contribution in [2.45, 2.75) is 13.0 Å². The average Bonchev–Trinajstić information content (AvgIpc) is 2.25.